The van der Waals surface area contributed by atoms with Gasteiger partial charge in [-0.3, -0.25) is 37.3 Å². The Kier molecular flexibility index (Phi) is 66.8. The Labute approximate surface area is 600 Å². The Morgan fingerprint density at radius 2 is 0.490 bits per heavy atom. The number of unbranched alkanes of at least 4 members (excludes halogenated alkanes) is 41. The Hall–Kier alpha value is -1.94. The van der Waals surface area contributed by atoms with Crippen molar-refractivity contribution in [1.82, 2.24) is 0 Å². The summed E-state index contributed by atoms with van der Waals surface area (Å²) in [5.74, 6) is 0.985. The molecule has 582 valence electrons. The van der Waals surface area contributed by atoms with E-state index in [0.717, 1.165) is 114 Å². The summed E-state index contributed by atoms with van der Waals surface area (Å²) < 4.78 is 68.6. The molecule has 0 aromatic carbocycles. The van der Waals surface area contributed by atoms with Gasteiger partial charge in [-0.2, -0.15) is 0 Å². The number of esters is 4. The Bertz CT molecular complexity index is 1920. The van der Waals surface area contributed by atoms with Crippen molar-refractivity contribution >= 4 is 39.5 Å². The van der Waals surface area contributed by atoms with Gasteiger partial charge in [0.25, 0.3) is 0 Å². The second-order valence-electron chi connectivity index (χ2n) is 30.1. The molecule has 0 spiro atoms. The second-order valence-corrected chi connectivity index (χ2v) is 33.0. The van der Waals surface area contributed by atoms with E-state index in [9.17, 15) is 43.2 Å². The smallest absolute Gasteiger partial charge is 0.462 e. The van der Waals surface area contributed by atoms with Crippen molar-refractivity contribution in [3.63, 3.8) is 0 Å². The highest BCUT2D eigenvalue weighted by molar-refractivity contribution is 7.47. The summed E-state index contributed by atoms with van der Waals surface area (Å²) in [4.78, 5) is 72.9. The van der Waals surface area contributed by atoms with E-state index in [1.807, 2.05) is 0 Å². The van der Waals surface area contributed by atoms with E-state index >= 15 is 0 Å². The summed E-state index contributed by atoms with van der Waals surface area (Å²) in [6.07, 6.45) is 54.1. The number of hydrogen-bond donors (Lipinski definition) is 3. The molecule has 17 nitrogen and oxygen atoms in total. The van der Waals surface area contributed by atoms with Gasteiger partial charge in [0.05, 0.1) is 26.4 Å². The third-order valence-electron chi connectivity index (χ3n) is 18.7. The predicted octanol–water partition coefficient (Wildman–Crippen LogP) is 23.2. The first kappa shape index (κ1) is 96.1. The molecule has 6 atom stereocenters. The zero-order valence-corrected chi connectivity index (χ0v) is 66.2. The van der Waals surface area contributed by atoms with Crippen molar-refractivity contribution in [2.45, 2.75) is 420 Å². The predicted molar refractivity (Wildman–Crippen MR) is 400 cm³/mol. The largest absolute Gasteiger partial charge is 0.472 e. The monoisotopic (exact) mass is 1440 g/mol. The third kappa shape index (κ3) is 71.1. The Morgan fingerprint density at radius 1 is 0.286 bits per heavy atom. The first-order valence-corrected chi connectivity index (χ1v) is 43.7. The molecule has 0 aliphatic rings. The summed E-state index contributed by atoms with van der Waals surface area (Å²) >= 11 is 0. The lowest BCUT2D eigenvalue weighted by atomic mass is 9.99. The molecule has 0 aliphatic carbocycles. The molecule has 98 heavy (non-hydrogen) atoms. The Morgan fingerprint density at radius 3 is 0.724 bits per heavy atom. The maximum absolute atomic E-state index is 13.1. The van der Waals surface area contributed by atoms with Gasteiger partial charge in [-0.05, 0) is 49.4 Å². The normalized spacial score (nSPS) is 14.3. The van der Waals surface area contributed by atoms with Crippen LogP contribution in [0.2, 0.25) is 0 Å². The summed E-state index contributed by atoms with van der Waals surface area (Å²) in [5, 5.41) is 10.6. The van der Waals surface area contributed by atoms with E-state index in [0.29, 0.717) is 31.6 Å². The van der Waals surface area contributed by atoms with E-state index in [2.05, 4.69) is 55.4 Å². The van der Waals surface area contributed by atoms with Crippen molar-refractivity contribution in [2.75, 3.05) is 39.6 Å². The average molecular weight is 1440 g/mol. The second kappa shape index (κ2) is 68.2. The van der Waals surface area contributed by atoms with E-state index in [4.69, 9.17) is 37.0 Å². The molecular weight excluding hydrogens is 1280 g/mol. The van der Waals surface area contributed by atoms with Crippen LogP contribution in [0.3, 0.4) is 0 Å². The van der Waals surface area contributed by atoms with Gasteiger partial charge < -0.3 is 33.8 Å². The quantitative estimate of drug-likeness (QED) is 0.0222. The van der Waals surface area contributed by atoms with E-state index in [-0.39, 0.29) is 25.7 Å². The molecule has 0 saturated carbocycles. The zero-order valence-electron chi connectivity index (χ0n) is 64.4. The lowest BCUT2D eigenvalue weighted by molar-refractivity contribution is -0.161. The van der Waals surface area contributed by atoms with Gasteiger partial charge in [0.1, 0.15) is 19.3 Å². The van der Waals surface area contributed by atoms with Crippen LogP contribution >= 0.6 is 15.6 Å². The van der Waals surface area contributed by atoms with Crippen LogP contribution in [-0.2, 0) is 65.4 Å². The molecule has 0 bridgehead atoms. The first-order valence-electron chi connectivity index (χ1n) is 40.7. The number of rotatable bonds is 76. The molecule has 0 aromatic rings. The van der Waals surface area contributed by atoms with Crippen molar-refractivity contribution in [2.24, 2.45) is 23.7 Å². The summed E-state index contributed by atoms with van der Waals surface area (Å²) in [6.45, 7) is 14.2. The van der Waals surface area contributed by atoms with Gasteiger partial charge in [-0.1, -0.05) is 351 Å². The minimum atomic E-state index is -4.96. The number of aliphatic hydroxyl groups excluding tert-OH is 1. The fraction of sp³-hybridized carbons (Fsp3) is 0.949. The van der Waals surface area contributed by atoms with E-state index < -0.39 is 97.5 Å². The van der Waals surface area contributed by atoms with E-state index in [1.54, 1.807) is 0 Å². The van der Waals surface area contributed by atoms with Crippen LogP contribution in [0.5, 0.6) is 0 Å². The minimum Gasteiger partial charge on any atom is -0.462 e. The van der Waals surface area contributed by atoms with Gasteiger partial charge in [0.2, 0.25) is 0 Å². The summed E-state index contributed by atoms with van der Waals surface area (Å²) in [6, 6.07) is 0. The van der Waals surface area contributed by atoms with Crippen LogP contribution < -0.4 is 0 Å². The maximum atomic E-state index is 13.1. The number of hydrogen-bond acceptors (Lipinski definition) is 15. The molecule has 0 radical (unpaired) electrons. The van der Waals surface area contributed by atoms with Gasteiger partial charge in [0.15, 0.2) is 12.2 Å². The number of ether oxygens (including phenoxy) is 4. The van der Waals surface area contributed by atoms with E-state index in [1.165, 1.54) is 199 Å². The number of aliphatic hydroxyl groups is 1. The van der Waals surface area contributed by atoms with Crippen LogP contribution in [0.15, 0.2) is 0 Å². The van der Waals surface area contributed by atoms with Crippen molar-refractivity contribution < 1.29 is 80.2 Å². The molecule has 0 fully saturated rings. The molecule has 0 heterocycles. The molecule has 4 unspecified atom stereocenters. The van der Waals surface area contributed by atoms with Crippen molar-refractivity contribution in [3.05, 3.63) is 0 Å². The molecule has 3 N–H and O–H groups in total. The fourth-order valence-electron chi connectivity index (χ4n) is 12.0. The molecular formula is C79H154O17P2. The third-order valence-corrected chi connectivity index (χ3v) is 20.6. The van der Waals surface area contributed by atoms with Gasteiger partial charge in [-0.25, -0.2) is 9.13 Å². The van der Waals surface area contributed by atoms with Crippen molar-refractivity contribution in [1.29, 1.82) is 0 Å². The maximum Gasteiger partial charge on any atom is 0.472 e. The summed E-state index contributed by atoms with van der Waals surface area (Å²) in [5.41, 5.74) is 0. The minimum absolute atomic E-state index is 0.106. The number of carbonyl (C=O) groups excluding carboxylic acids is 4. The zero-order chi connectivity index (χ0) is 72.4. The van der Waals surface area contributed by atoms with Crippen LogP contribution in [0, 0.1) is 23.7 Å². The molecule has 0 rings (SSSR count). The standard InChI is InChI=1S/C79H154O17P2/c1-9-72(8)58-50-42-34-26-22-23-29-37-46-54-62-79(84)95-74(65-89-76(81)59-51-43-35-27-20-17-13-15-19-25-32-40-48-56-70(4)5)67-93-97(85,86)91-63-73(80)64-92-98(87,88)94-68-75(66-90-77(82)60-52-44-38-30-33-41-49-57-71(6)7)96-78(83)61-53-45-36-28-21-16-12-10-11-14-18-24-31-39-47-55-69(2)3/h69-75,80H,9-68H2,1-8H3,(H,85,86)(H,87,88)/t72?,73?,74-,75-/m1/s1. The number of phosphoric ester groups is 2. The van der Waals surface area contributed by atoms with Crippen LogP contribution in [0.25, 0.3) is 0 Å². The van der Waals surface area contributed by atoms with Crippen molar-refractivity contribution in [3.8, 4) is 0 Å². The molecule has 0 amide bonds. The number of phosphoric acid groups is 2. The number of carbonyl (C=O) groups is 4. The topological polar surface area (TPSA) is 237 Å². The highest BCUT2D eigenvalue weighted by Crippen LogP contribution is 2.45. The highest BCUT2D eigenvalue weighted by Gasteiger charge is 2.30. The fourth-order valence-corrected chi connectivity index (χ4v) is 13.6. The van der Waals surface area contributed by atoms with Gasteiger partial charge >= 0.3 is 39.5 Å². The lowest BCUT2D eigenvalue weighted by Crippen LogP contribution is -2.30. The first-order chi connectivity index (χ1) is 47.1. The summed E-state index contributed by atoms with van der Waals surface area (Å²) in [7, 11) is -9.92. The van der Waals surface area contributed by atoms with Gasteiger partial charge in [-0.15, -0.1) is 0 Å². The van der Waals surface area contributed by atoms with Gasteiger partial charge in [0, 0.05) is 25.7 Å². The van der Waals surface area contributed by atoms with Crippen LogP contribution in [0.1, 0.15) is 402 Å². The van der Waals surface area contributed by atoms with Crippen LogP contribution in [-0.4, -0.2) is 96.7 Å². The highest BCUT2D eigenvalue weighted by atomic mass is 31.2. The lowest BCUT2D eigenvalue weighted by Gasteiger charge is -2.21. The van der Waals surface area contributed by atoms with Crippen LogP contribution in [0.4, 0.5) is 0 Å². The molecule has 0 aliphatic heterocycles. The SMILES string of the molecule is CCC(C)CCCCCCCCCCCCC(=O)O[C@H](COC(=O)CCCCCCCCCCCCCCCC(C)C)COP(=O)(O)OCC(O)COP(=O)(O)OC[C@@H](COC(=O)CCCCCCCCCC(C)C)OC(=O)CCCCCCCCCCCCCCCCCC(C)C. The molecule has 0 saturated heterocycles. The average Bonchev–Trinajstić information content (AvgIpc) is 1.12. The molecule has 0 aromatic heterocycles. The Balaban J connectivity index is 5.24. The molecule has 19 heteroatoms.